The van der Waals surface area contributed by atoms with E-state index in [2.05, 4.69) is 10.6 Å². The Balaban J connectivity index is 1.44. The summed E-state index contributed by atoms with van der Waals surface area (Å²) in [7, 11) is 1.61. The van der Waals surface area contributed by atoms with Crippen LogP contribution in [0, 0.1) is 0 Å². The summed E-state index contributed by atoms with van der Waals surface area (Å²) < 4.78 is 0. The van der Waals surface area contributed by atoms with Crippen LogP contribution in [0.2, 0.25) is 0 Å². The van der Waals surface area contributed by atoms with E-state index in [1.54, 1.807) is 19.2 Å². The van der Waals surface area contributed by atoms with Gasteiger partial charge in [0.15, 0.2) is 0 Å². The van der Waals surface area contributed by atoms with Crippen LogP contribution >= 0.6 is 0 Å². The summed E-state index contributed by atoms with van der Waals surface area (Å²) in [6.07, 6.45) is 0.781. The second-order valence-electron chi connectivity index (χ2n) is 8.13. The zero-order valence-corrected chi connectivity index (χ0v) is 17.6. The Morgan fingerprint density at radius 2 is 1.84 bits per heavy atom. The molecule has 1 unspecified atom stereocenters. The first-order valence-electron chi connectivity index (χ1n) is 10.3. The number of nitrogens with zero attached hydrogens (tertiary/aromatic N) is 2. The van der Waals surface area contributed by atoms with Crippen molar-refractivity contribution < 1.29 is 24.3 Å². The molecule has 0 aromatic heterocycles. The molecule has 2 aromatic carbocycles. The van der Waals surface area contributed by atoms with Gasteiger partial charge < -0.3 is 20.2 Å². The van der Waals surface area contributed by atoms with Crippen LogP contribution < -0.4 is 10.6 Å². The summed E-state index contributed by atoms with van der Waals surface area (Å²) in [6, 6.07) is 14.2. The molecule has 1 aliphatic heterocycles. The number of aliphatic hydroxyl groups excluding tert-OH is 1. The van der Waals surface area contributed by atoms with Crippen LogP contribution in [0.15, 0.2) is 48.5 Å². The van der Waals surface area contributed by atoms with E-state index in [1.807, 2.05) is 36.4 Å². The topological polar surface area (TPSA) is 119 Å². The van der Waals surface area contributed by atoms with Crippen molar-refractivity contribution in [2.24, 2.45) is 0 Å². The SMILES string of the molecule is CN1C(=O)NC(=O)C12Cc1ccc(NC(=O)CN(Cc3ccccc3)C(=O)CO)cc1C2. The number of fused-ring (bicyclic) bond motifs is 1. The van der Waals surface area contributed by atoms with Crippen molar-refractivity contribution in [3.8, 4) is 0 Å². The molecule has 0 bridgehead atoms. The number of hydrogen-bond acceptors (Lipinski definition) is 5. The molecule has 1 fully saturated rings. The normalized spacial score (nSPS) is 19.1. The Morgan fingerprint density at radius 3 is 2.50 bits per heavy atom. The molecule has 166 valence electrons. The lowest BCUT2D eigenvalue weighted by Gasteiger charge is -2.27. The maximum absolute atomic E-state index is 12.6. The third kappa shape index (κ3) is 3.94. The lowest BCUT2D eigenvalue weighted by Crippen LogP contribution is -2.48. The number of carbonyl (C=O) groups excluding carboxylic acids is 4. The van der Waals surface area contributed by atoms with E-state index < -0.39 is 30.0 Å². The van der Waals surface area contributed by atoms with Gasteiger partial charge in [-0.1, -0.05) is 36.4 Å². The monoisotopic (exact) mass is 436 g/mol. The van der Waals surface area contributed by atoms with E-state index in [4.69, 9.17) is 0 Å². The highest BCUT2D eigenvalue weighted by Gasteiger charge is 2.54. The molecule has 1 saturated heterocycles. The molecule has 9 heteroatoms. The van der Waals surface area contributed by atoms with Crippen molar-refractivity contribution in [2.75, 3.05) is 25.5 Å². The average Bonchev–Trinajstić information content (AvgIpc) is 3.26. The predicted molar refractivity (Wildman–Crippen MR) is 115 cm³/mol. The number of aliphatic hydroxyl groups is 1. The number of likely N-dealkylation sites (N-methyl/N-ethyl adjacent to an activating group) is 1. The second-order valence-corrected chi connectivity index (χ2v) is 8.13. The van der Waals surface area contributed by atoms with Gasteiger partial charge in [0, 0.05) is 32.1 Å². The Bertz CT molecular complexity index is 1090. The van der Waals surface area contributed by atoms with E-state index in [0.717, 1.165) is 16.7 Å². The molecular formula is C23H24N4O5. The maximum Gasteiger partial charge on any atom is 0.324 e. The lowest BCUT2D eigenvalue weighted by atomic mass is 9.95. The van der Waals surface area contributed by atoms with Crippen molar-refractivity contribution in [3.05, 3.63) is 65.2 Å². The highest BCUT2D eigenvalue weighted by atomic mass is 16.3. The van der Waals surface area contributed by atoms with E-state index in [1.165, 1.54) is 9.80 Å². The van der Waals surface area contributed by atoms with E-state index in [-0.39, 0.29) is 19.0 Å². The van der Waals surface area contributed by atoms with Gasteiger partial charge >= 0.3 is 6.03 Å². The molecule has 4 rings (SSSR count). The minimum Gasteiger partial charge on any atom is -0.387 e. The maximum atomic E-state index is 12.6. The quantitative estimate of drug-likeness (QED) is 0.575. The van der Waals surface area contributed by atoms with E-state index in [9.17, 15) is 24.3 Å². The van der Waals surface area contributed by atoms with Crippen molar-refractivity contribution in [1.82, 2.24) is 15.1 Å². The van der Waals surface area contributed by atoms with Gasteiger partial charge in [-0.05, 0) is 28.8 Å². The summed E-state index contributed by atoms with van der Waals surface area (Å²) in [5, 5.41) is 14.4. The number of imide groups is 1. The second kappa shape index (κ2) is 8.43. The van der Waals surface area contributed by atoms with Gasteiger partial charge in [-0.15, -0.1) is 0 Å². The summed E-state index contributed by atoms with van der Waals surface area (Å²) in [4.78, 5) is 51.8. The van der Waals surface area contributed by atoms with Crippen molar-refractivity contribution in [2.45, 2.75) is 24.9 Å². The number of amides is 5. The van der Waals surface area contributed by atoms with Crippen LogP contribution in [-0.2, 0) is 33.8 Å². The van der Waals surface area contributed by atoms with E-state index in [0.29, 0.717) is 18.5 Å². The molecule has 3 N–H and O–H groups in total. The number of anilines is 1. The first kappa shape index (κ1) is 21.5. The summed E-state index contributed by atoms with van der Waals surface area (Å²) in [6.45, 7) is -0.694. The first-order chi connectivity index (χ1) is 15.3. The fraction of sp³-hybridized carbons (Fsp3) is 0.304. The minimum absolute atomic E-state index is 0.204. The van der Waals surface area contributed by atoms with Gasteiger partial charge in [0.1, 0.15) is 18.7 Å². The molecule has 1 spiro atoms. The van der Waals surface area contributed by atoms with Gasteiger partial charge in [0.25, 0.3) is 5.91 Å². The average molecular weight is 436 g/mol. The molecular weight excluding hydrogens is 412 g/mol. The highest BCUT2D eigenvalue weighted by Crippen LogP contribution is 2.38. The minimum atomic E-state index is -0.928. The van der Waals surface area contributed by atoms with Crippen LogP contribution in [0.5, 0.6) is 0 Å². The van der Waals surface area contributed by atoms with Crippen LogP contribution in [0.4, 0.5) is 10.5 Å². The van der Waals surface area contributed by atoms with Crippen molar-refractivity contribution in [3.63, 3.8) is 0 Å². The zero-order valence-electron chi connectivity index (χ0n) is 17.6. The Kier molecular flexibility index (Phi) is 5.67. The third-order valence-electron chi connectivity index (χ3n) is 6.08. The third-order valence-corrected chi connectivity index (χ3v) is 6.08. The predicted octanol–water partition coefficient (Wildman–Crippen LogP) is 0.665. The first-order valence-corrected chi connectivity index (χ1v) is 10.3. The van der Waals surface area contributed by atoms with Gasteiger partial charge in [0.2, 0.25) is 11.8 Å². The number of nitrogens with one attached hydrogen (secondary N) is 2. The molecule has 2 aliphatic rings. The fourth-order valence-electron chi connectivity index (χ4n) is 4.28. The van der Waals surface area contributed by atoms with Crippen LogP contribution in [0.1, 0.15) is 16.7 Å². The molecule has 0 saturated carbocycles. The number of rotatable bonds is 6. The largest absolute Gasteiger partial charge is 0.387 e. The van der Waals surface area contributed by atoms with Gasteiger partial charge in [-0.3, -0.25) is 19.7 Å². The molecule has 2 aromatic rings. The molecule has 32 heavy (non-hydrogen) atoms. The van der Waals surface area contributed by atoms with Crippen LogP contribution in [-0.4, -0.2) is 64.4 Å². The molecule has 5 amide bonds. The van der Waals surface area contributed by atoms with Crippen molar-refractivity contribution >= 4 is 29.4 Å². The smallest absolute Gasteiger partial charge is 0.324 e. The van der Waals surface area contributed by atoms with Crippen molar-refractivity contribution in [1.29, 1.82) is 0 Å². The summed E-state index contributed by atoms with van der Waals surface area (Å²) >= 11 is 0. The number of hydrogen-bond donors (Lipinski definition) is 3. The Hall–Kier alpha value is -3.72. The molecule has 1 aliphatic carbocycles. The van der Waals surface area contributed by atoms with Crippen LogP contribution in [0.25, 0.3) is 0 Å². The molecule has 1 atom stereocenters. The molecule has 9 nitrogen and oxygen atoms in total. The summed E-state index contributed by atoms with van der Waals surface area (Å²) in [5.41, 5.74) is 2.28. The lowest BCUT2D eigenvalue weighted by molar-refractivity contribution is -0.137. The Labute approximate surface area is 185 Å². The Morgan fingerprint density at radius 1 is 1.12 bits per heavy atom. The number of benzene rings is 2. The van der Waals surface area contributed by atoms with Crippen LogP contribution in [0.3, 0.4) is 0 Å². The molecule has 1 heterocycles. The zero-order chi connectivity index (χ0) is 22.9. The van der Waals surface area contributed by atoms with Gasteiger partial charge in [-0.2, -0.15) is 0 Å². The fourth-order valence-corrected chi connectivity index (χ4v) is 4.28. The highest BCUT2D eigenvalue weighted by molar-refractivity contribution is 6.07. The summed E-state index contributed by atoms with van der Waals surface area (Å²) in [5.74, 6) is -1.26. The molecule has 0 radical (unpaired) electrons. The standard InChI is InChI=1S/C23H24N4O5/c1-26-22(32)25-21(31)23(26)10-16-7-8-18(9-17(16)11-23)24-19(29)13-27(20(30)14-28)12-15-5-3-2-4-6-15/h2-9,28H,10-14H2,1H3,(H,24,29)(H,25,31,32). The number of urea groups is 1. The van der Waals surface area contributed by atoms with E-state index >= 15 is 0 Å². The van der Waals surface area contributed by atoms with Gasteiger partial charge in [-0.25, -0.2) is 4.79 Å². The number of carbonyl (C=O) groups is 4. The van der Waals surface area contributed by atoms with Gasteiger partial charge in [0.05, 0.1) is 0 Å².